The van der Waals surface area contributed by atoms with Gasteiger partial charge >= 0.3 is 0 Å². The first-order valence-corrected chi connectivity index (χ1v) is 5.94. The molecule has 0 aliphatic carbocycles. The topological polar surface area (TPSA) is 21.7 Å². The summed E-state index contributed by atoms with van der Waals surface area (Å²) < 4.78 is 11.0. The molecular formula is C12H29NO2. The molecule has 0 N–H and O–H groups in total. The maximum absolute atomic E-state index is 5.70. The Bertz CT molecular complexity index is 106. The van der Waals surface area contributed by atoms with Crippen LogP contribution in [0.5, 0.6) is 0 Å². The van der Waals surface area contributed by atoms with Crippen molar-refractivity contribution in [2.45, 2.75) is 46.8 Å². The molecule has 0 aromatic heterocycles. The number of hydrogen-bond acceptors (Lipinski definition) is 3. The lowest BCUT2D eigenvalue weighted by molar-refractivity contribution is -0.0513. The van der Waals surface area contributed by atoms with Crippen molar-refractivity contribution in [1.29, 1.82) is 0 Å². The van der Waals surface area contributed by atoms with E-state index in [9.17, 15) is 0 Å². The maximum Gasteiger partial charge on any atom is 0.0938 e. The molecule has 0 saturated heterocycles. The smallest absolute Gasteiger partial charge is 0.0938 e. The number of hydrogen-bond donors (Lipinski definition) is 0. The molecule has 15 heavy (non-hydrogen) atoms. The Morgan fingerprint density at radius 2 is 1.67 bits per heavy atom. The lowest BCUT2D eigenvalue weighted by Gasteiger charge is -2.23. The molecule has 3 heteroatoms. The lowest BCUT2D eigenvalue weighted by Crippen LogP contribution is -2.34. The molecule has 0 heterocycles. The maximum atomic E-state index is 5.70. The van der Waals surface area contributed by atoms with Crippen LogP contribution in [0.1, 0.15) is 34.6 Å². The predicted molar refractivity (Wildman–Crippen MR) is 66.4 cm³/mol. The van der Waals surface area contributed by atoms with Crippen molar-refractivity contribution in [3.63, 3.8) is 0 Å². The Hall–Kier alpha value is -0.120. The highest BCUT2D eigenvalue weighted by Crippen LogP contribution is 2.00. The minimum atomic E-state index is 0.190. The van der Waals surface area contributed by atoms with Crippen LogP contribution in [0.2, 0.25) is 0 Å². The van der Waals surface area contributed by atoms with E-state index in [-0.39, 0.29) is 12.2 Å². The average molecular weight is 219 g/mol. The predicted octanol–water partition coefficient (Wildman–Crippen LogP) is 2.40. The van der Waals surface area contributed by atoms with Gasteiger partial charge in [-0.3, -0.25) is 0 Å². The van der Waals surface area contributed by atoms with Gasteiger partial charge in [0.2, 0.25) is 0 Å². The van der Waals surface area contributed by atoms with Crippen molar-refractivity contribution in [2.24, 2.45) is 0 Å². The van der Waals surface area contributed by atoms with Gasteiger partial charge in [0, 0.05) is 13.2 Å². The van der Waals surface area contributed by atoms with E-state index < -0.39 is 0 Å². The van der Waals surface area contributed by atoms with E-state index in [0.29, 0.717) is 6.61 Å². The fourth-order valence-electron chi connectivity index (χ4n) is 1.18. The summed E-state index contributed by atoms with van der Waals surface area (Å²) in [5.74, 6) is 0. The Balaban J connectivity index is 0. The molecule has 0 spiro atoms. The first kappa shape index (κ1) is 17.3. The summed E-state index contributed by atoms with van der Waals surface area (Å²) in [4.78, 5) is 2.12. The SMILES string of the molecule is CC.CCOCC(CN(C)C)OC(C)C. The molecule has 0 aliphatic rings. The summed E-state index contributed by atoms with van der Waals surface area (Å²) in [7, 11) is 4.09. The zero-order valence-electron chi connectivity index (χ0n) is 11.5. The van der Waals surface area contributed by atoms with Gasteiger partial charge in [-0.15, -0.1) is 0 Å². The van der Waals surface area contributed by atoms with E-state index in [1.165, 1.54) is 0 Å². The van der Waals surface area contributed by atoms with Gasteiger partial charge in [-0.1, -0.05) is 13.8 Å². The van der Waals surface area contributed by atoms with Crippen LogP contribution in [0, 0.1) is 0 Å². The third-order valence-corrected chi connectivity index (χ3v) is 1.54. The second-order valence-corrected chi connectivity index (χ2v) is 3.73. The Labute approximate surface area is 95.7 Å². The van der Waals surface area contributed by atoms with Crippen LogP contribution in [-0.2, 0) is 9.47 Å². The monoisotopic (exact) mass is 219 g/mol. The van der Waals surface area contributed by atoms with E-state index in [2.05, 4.69) is 18.7 Å². The third kappa shape index (κ3) is 13.9. The van der Waals surface area contributed by atoms with Gasteiger partial charge in [0.1, 0.15) is 0 Å². The fourth-order valence-corrected chi connectivity index (χ4v) is 1.18. The molecule has 3 nitrogen and oxygen atoms in total. The molecule has 0 saturated carbocycles. The van der Waals surface area contributed by atoms with Crippen molar-refractivity contribution in [3.05, 3.63) is 0 Å². The second kappa shape index (κ2) is 12.0. The van der Waals surface area contributed by atoms with Crippen molar-refractivity contribution in [1.82, 2.24) is 4.90 Å². The van der Waals surface area contributed by atoms with Gasteiger partial charge in [0.15, 0.2) is 0 Å². The van der Waals surface area contributed by atoms with Crippen molar-refractivity contribution < 1.29 is 9.47 Å². The quantitative estimate of drug-likeness (QED) is 0.656. The highest BCUT2D eigenvalue weighted by molar-refractivity contribution is 4.61. The molecule has 0 fully saturated rings. The number of ether oxygens (including phenoxy) is 2. The Morgan fingerprint density at radius 3 is 2.00 bits per heavy atom. The molecule has 0 radical (unpaired) electrons. The molecular weight excluding hydrogens is 190 g/mol. The van der Waals surface area contributed by atoms with Gasteiger partial charge in [-0.05, 0) is 34.9 Å². The van der Waals surface area contributed by atoms with Gasteiger partial charge in [0.05, 0.1) is 18.8 Å². The third-order valence-electron chi connectivity index (χ3n) is 1.54. The molecule has 0 rings (SSSR count). The molecule has 1 unspecified atom stereocenters. The van der Waals surface area contributed by atoms with Crippen LogP contribution in [0.3, 0.4) is 0 Å². The largest absolute Gasteiger partial charge is 0.379 e. The number of likely N-dealkylation sites (N-methyl/N-ethyl adjacent to an activating group) is 1. The zero-order chi connectivity index (χ0) is 12.3. The van der Waals surface area contributed by atoms with E-state index in [4.69, 9.17) is 9.47 Å². The molecule has 0 bridgehead atoms. The molecule has 0 amide bonds. The van der Waals surface area contributed by atoms with Crippen LogP contribution >= 0.6 is 0 Å². The average Bonchev–Trinajstić information content (AvgIpc) is 2.15. The lowest BCUT2D eigenvalue weighted by atomic mass is 10.3. The minimum absolute atomic E-state index is 0.190. The minimum Gasteiger partial charge on any atom is -0.379 e. The Kier molecular flexibility index (Phi) is 13.8. The Morgan fingerprint density at radius 1 is 1.13 bits per heavy atom. The second-order valence-electron chi connectivity index (χ2n) is 3.73. The summed E-state index contributed by atoms with van der Waals surface area (Å²) in [6, 6.07) is 0. The van der Waals surface area contributed by atoms with Gasteiger partial charge in [-0.25, -0.2) is 0 Å². The van der Waals surface area contributed by atoms with Crippen molar-refractivity contribution in [3.8, 4) is 0 Å². The fraction of sp³-hybridized carbons (Fsp3) is 1.00. The first-order valence-electron chi connectivity index (χ1n) is 5.94. The van der Waals surface area contributed by atoms with E-state index in [1.807, 2.05) is 34.9 Å². The van der Waals surface area contributed by atoms with Crippen LogP contribution < -0.4 is 0 Å². The first-order chi connectivity index (χ1) is 7.06. The molecule has 0 aromatic carbocycles. The van der Waals surface area contributed by atoms with Gasteiger partial charge in [-0.2, -0.15) is 0 Å². The summed E-state index contributed by atoms with van der Waals surface area (Å²) in [6.45, 7) is 12.5. The number of rotatable bonds is 7. The highest BCUT2D eigenvalue weighted by atomic mass is 16.5. The standard InChI is InChI=1S/C10H23NO2.C2H6/c1-6-12-8-10(7-11(4)5)13-9(2)3;1-2/h9-10H,6-8H2,1-5H3;1-2H3. The molecule has 1 atom stereocenters. The van der Waals surface area contributed by atoms with Crippen molar-refractivity contribution in [2.75, 3.05) is 33.9 Å². The van der Waals surface area contributed by atoms with E-state index in [0.717, 1.165) is 13.2 Å². The highest BCUT2D eigenvalue weighted by Gasteiger charge is 2.11. The van der Waals surface area contributed by atoms with Crippen LogP contribution in [0.25, 0.3) is 0 Å². The van der Waals surface area contributed by atoms with Crippen molar-refractivity contribution >= 4 is 0 Å². The number of nitrogens with zero attached hydrogens (tertiary/aromatic N) is 1. The normalized spacial score (nSPS) is 12.6. The van der Waals surface area contributed by atoms with Gasteiger partial charge in [0.25, 0.3) is 0 Å². The molecule has 0 aliphatic heterocycles. The van der Waals surface area contributed by atoms with Gasteiger partial charge < -0.3 is 14.4 Å². The summed E-state index contributed by atoms with van der Waals surface area (Å²) in [5.41, 5.74) is 0. The van der Waals surface area contributed by atoms with Crippen LogP contribution in [-0.4, -0.2) is 51.0 Å². The summed E-state index contributed by atoms with van der Waals surface area (Å²) in [6.07, 6.45) is 0.459. The summed E-state index contributed by atoms with van der Waals surface area (Å²) >= 11 is 0. The molecule has 0 aromatic rings. The zero-order valence-corrected chi connectivity index (χ0v) is 11.5. The summed E-state index contributed by atoms with van der Waals surface area (Å²) in [5, 5.41) is 0. The van der Waals surface area contributed by atoms with Crippen LogP contribution in [0.4, 0.5) is 0 Å². The van der Waals surface area contributed by atoms with E-state index >= 15 is 0 Å². The van der Waals surface area contributed by atoms with E-state index in [1.54, 1.807) is 0 Å². The molecule has 94 valence electrons. The van der Waals surface area contributed by atoms with Crippen LogP contribution in [0.15, 0.2) is 0 Å².